The van der Waals surface area contributed by atoms with Crippen molar-refractivity contribution in [2.75, 3.05) is 6.54 Å². The number of aryl methyl sites for hydroxylation is 2. The molecule has 0 heterocycles. The van der Waals surface area contributed by atoms with E-state index in [0.29, 0.717) is 6.42 Å². The van der Waals surface area contributed by atoms with Gasteiger partial charge in [-0.25, -0.2) is 0 Å². The number of carbonyl (C=O) groups excluding carboxylic acids is 1. The summed E-state index contributed by atoms with van der Waals surface area (Å²) in [6.45, 7) is 7.45. The molecule has 0 aromatic heterocycles. The van der Waals surface area contributed by atoms with Gasteiger partial charge >= 0.3 is 0 Å². The molecule has 2 nitrogen and oxygen atoms in total. The van der Waals surface area contributed by atoms with Crippen LogP contribution in [0.3, 0.4) is 0 Å². The standard InChI is InChI=1S/C13H19NO/c1-10-4-5-13(11(2)8-10)9-14-7-6-12(3)15/h4-5,8,14H,6-7,9H2,1-3H3. The number of hydrogen-bond acceptors (Lipinski definition) is 2. The van der Waals surface area contributed by atoms with Crippen LogP contribution in [0.15, 0.2) is 18.2 Å². The highest BCUT2D eigenvalue weighted by molar-refractivity contribution is 5.75. The number of Topliss-reactive ketones (excluding diaryl/α,β-unsaturated/α-hetero) is 1. The monoisotopic (exact) mass is 205 g/mol. The van der Waals surface area contributed by atoms with Gasteiger partial charge in [-0.15, -0.1) is 0 Å². The van der Waals surface area contributed by atoms with Crippen LogP contribution in [-0.2, 0) is 11.3 Å². The Kier molecular flexibility index (Phi) is 4.50. The molecule has 0 radical (unpaired) electrons. The Balaban J connectivity index is 2.40. The maximum Gasteiger partial charge on any atom is 0.131 e. The Morgan fingerprint density at radius 1 is 1.33 bits per heavy atom. The normalized spacial score (nSPS) is 10.3. The van der Waals surface area contributed by atoms with Crippen LogP contribution in [0.4, 0.5) is 0 Å². The number of benzene rings is 1. The quantitative estimate of drug-likeness (QED) is 0.748. The predicted octanol–water partition coefficient (Wildman–Crippen LogP) is 2.37. The molecule has 0 atom stereocenters. The van der Waals surface area contributed by atoms with Crippen molar-refractivity contribution < 1.29 is 4.79 Å². The minimum absolute atomic E-state index is 0.239. The van der Waals surface area contributed by atoms with Gasteiger partial charge < -0.3 is 5.32 Å². The van der Waals surface area contributed by atoms with Crippen LogP contribution in [0.2, 0.25) is 0 Å². The third-order valence-electron chi connectivity index (χ3n) is 2.47. The summed E-state index contributed by atoms with van der Waals surface area (Å²) in [6, 6.07) is 6.45. The third kappa shape index (κ3) is 4.26. The van der Waals surface area contributed by atoms with E-state index in [2.05, 4.69) is 37.4 Å². The van der Waals surface area contributed by atoms with E-state index >= 15 is 0 Å². The second kappa shape index (κ2) is 5.66. The zero-order valence-corrected chi connectivity index (χ0v) is 9.76. The van der Waals surface area contributed by atoms with E-state index in [-0.39, 0.29) is 5.78 Å². The largest absolute Gasteiger partial charge is 0.312 e. The lowest BCUT2D eigenvalue weighted by atomic mass is 10.1. The Morgan fingerprint density at radius 2 is 2.07 bits per heavy atom. The van der Waals surface area contributed by atoms with Crippen LogP contribution in [-0.4, -0.2) is 12.3 Å². The van der Waals surface area contributed by atoms with E-state index in [4.69, 9.17) is 0 Å². The summed E-state index contributed by atoms with van der Waals surface area (Å²) in [6.07, 6.45) is 0.616. The summed E-state index contributed by atoms with van der Waals surface area (Å²) in [4.78, 5) is 10.7. The van der Waals surface area contributed by atoms with Crippen LogP contribution in [0, 0.1) is 13.8 Å². The molecule has 0 unspecified atom stereocenters. The lowest BCUT2D eigenvalue weighted by Crippen LogP contribution is -2.17. The molecule has 0 bridgehead atoms. The van der Waals surface area contributed by atoms with Crippen molar-refractivity contribution in [3.05, 3.63) is 34.9 Å². The van der Waals surface area contributed by atoms with Gasteiger partial charge in [0.15, 0.2) is 0 Å². The average Bonchev–Trinajstić information content (AvgIpc) is 2.14. The second-order valence-corrected chi connectivity index (χ2v) is 4.06. The first-order chi connectivity index (χ1) is 7.09. The van der Waals surface area contributed by atoms with Gasteiger partial charge in [0.2, 0.25) is 0 Å². The molecule has 1 rings (SSSR count). The fourth-order valence-corrected chi connectivity index (χ4v) is 1.53. The molecule has 82 valence electrons. The molecule has 0 saturated heterocycles. The molecular formula is C13H19NO. The number of carbonyl (C=O) groups is 1. The van der Waals surface area contributed by atoms with Gasteiger partial charge in [-0.1, -0.05) is 23.8 Å². The van der Waals surface area contributed by atoms with Crippen molar-refractivity contribution >= 4 is 5.78 Å². The number of rotatable bonds is 5. The molecule has 0 aliphatic heterocycles. The SMILES string of the molecule is CC(=O)CCNCc1ccc(C)cc1C. The fourth-order valence-electron chi connectivity index (χ4n) is 1.53. The Morgan fingerprint density at radius 3 is 2.67 bits per heavy atom. The van der Waals surface area contributed by atoms with E-state index in [0.717, 1.165) is 13.1 Å². The Labute approximate surface area is 91.7 Å². The summed E-state index contributed by atoms with van der Waals surface area (Å²) >= 11 is 0. The summed E-state index contributed by atoms with van der Waals surface area (Å²) in [5, 5.41) is 3.27. The minimum atomic E-state index is 0.239. The maximum atomic E-state index is 10.7. The lowest BCUT2D eigenvalue weighted by Gasteiger charge is -2.07. The smallest absolute Gasteiger partial charge is 0.131 e. The Bertz CT molecular complexity index is 344. The molecule has 0 aliphatic carbocycles. The lowest BCUT2D eigenvalue weighted by molar-refractivity contribution is -0.116. The zero-order chi connectivity index (χ0) is 11.3. The number of nitrogens with one attached hydrogen (secondary N) is 1. The number of hydrogen-bond donors (Lipinski definition) is 1. The van der Waals surface area contributed by atoms with Gasteiger partial charge in [0, 0.05) is 19.5 Å². The van der Waals surface area contributed by atoms with E-state index in [1.807, 2.05) is 0 Å². The Hall–Kier alpha value is -1.15. The van der Waals surface area contributed by atoms with Crippen molar-refractivity contribution in [3.8, 4) is 0 Å². The predicted molar refractivity (Wildman–Crippen MR) is 62.9 cm³/mol. The molecule has 1 aromatic rings. The van der Waals surface area contributed by atoms with Gasteiger partial charge in [-0.2, -0.15) is 0 Å². The summed E-state index contributed by atoms with van der Waals surface area (Å²) in [5.74, 6) is 0.239. The minimum Gasteiger partial charge on any atom is -0.312 e. The molecule has 0 saturated carbocycles. The van der Waals surface area contributed by atoms with Crippen LogP contribution < -0.4 is 5.32 Å². The molecule has 15 heavy (non-hydrogen) atoms. The topological polar surface area (TPSA) is 29.1 Å². The molecular weight excluding hydrogens is 186 g/mol. The van der Waals surface area contributed by atoms with Crippen molar-refractivity contribution in [1.29, 1.82) is 0 Å². The van der Waals surface area contributed by atoms with Crippen LogP contribution >= 0.6 is 0 Å². The highest BCUT2D eigenvalue weighted by Crippen LogP contribution is 2.09. The van der Waals surface area contributed by atoms with Crippen molar-refractivity contribution in [1.82, 2.24) is 5.32 Å². The first kappa shape index (κ1) is 11.9. The van der Waals surface area contributed by atoms with E-state index in [9.17, 15) is 4.79 Å². The van der Waals surface area contributed by atoms with Crippen LogP contribution in [0.5, 0.6) is 0 Å². The zero-order valence-electron chi connectivity index (χ0n) is 9.76. The molecule has 0 aliphatic rings. The van der Waals surface area contributed by atoms with Crippen molar-refractivity contribution in [3.63, 3.8) is 0 Å². The van der Waals surface area contributed by atoms with Crippen LogP contribution in [0.25, 0.3) is 0 Å². The average molecular weight is 205 g/mol. The second-order valence-electron chi connectivity index (χ2n) is 4.06. The van der Waals surface area contributed by atoms with Crippen molar-refractivity contribution in [2.45, 2.75) is 33.7 Å². The maximum absolute atomic E-state index is 10.7. The first-order valence-electron chi connectivity index (χ1n) is 5.36. The summed E-state index contributed by atoms with van der Waals surface area (Å²) in [5.41, 5.74) is 3.91. The van der Waals surface area contributed by atoms with Crippen LogP contribution in [0.1, 0.15) is 30.0 Å². The molecule has 0 fully saturated rings. The molecule has 0 spiro atoms. The number of ketones is 1. The van der Waals surface area contributed by atoms with Gasteiger partial charge in [-0.3, -0.25) is 4.79 Å². The van der Waals surface area contributed by atoms with Gasteiger partial charge in [-0.05, 0) is 31.9 Å². The molecule has 0 amide bonds. The summed E-state index contributed by atoms with van der Waals surface area (Å²) in [7, 11) is 0. The first-order valence-corrected chi connectivity index (χ1v) is 5.36. The molecule has 1 aromatic carbocycles. The van der Waals surface area contributed by atoms with E-state index in [1.165, 1.54) is 16.7 Å². The van der Waals surface area contributed by atoms with E-state index in [1.54, 1.807) is 6.92 Å². The van der Waals surface area contributed by atoms with Crippen molar-refractivity contribution in [2.24, 2.45) is 0 Å². The van der Waals surface area contributed by atoms with Gasteiger partial charge in [0.05, 0.1) is 0 Å². The fraction of sp³-hybridized carbons (Fsp3) is 0.462. The van der Waals surface area contributed by atoms with E-state index < -0.39 is 0 Å². The van der Waals surface area contributed by atoms with Gasteiger partial charge in [0.1, 0.15) is 5.78 Å². The third-order valence-corrected chi connectivity index (χ3v) is 2.47. The van der Waals surface area contributed by atoms with Gasteiger partial charge in [0.25, 0.3) is 0 Å². The molecule has 1 N–H and O–H groups in total. The summed E-state index contributed by atoms with van der Waals surface area (Å²) < 4.78 is 0. The highest BCUT2D eigenvalue weighted by atomic mass is 16.1. The molecule has 2 heteroatoms. The highest BCUT2D eigenvalue weighted by Gasteiger charge is 1.98.